The summed E-state index contributed by atoms with van der Waals surface area (Å²) >= 11 is 1.58. The minimum atomic E-state index is -0.819. The molecule has 1 N–H and O–H groups in total. The van der Waals surface area contributed by atoms with E-state index in [1.54, 1.807) is 60.2 Å². The monoisotopic (exact) mass is 514 g/mol. The first-order valence-electron chi connectivity index (χ1n) is 12.3. The van der Waals surface area contributed by atoms with Gasteiger partial charge in [0, 0.05) is 24.0 Å². The predicted octanol–water partition coefficient (Wildman–Crippen LogP) is 2.66. The normalized spacial score (nSPS) is 30.1. The maximum atomic E-state index is 14.3. The van der Waals surface area contributed by atoms with Gasteiger partial charge >= 0.3 is 5.97 Å². The summed E-state index contributed by atoms with van der Waals surface area (Å²) in [7, 11) is 1.58. The topological polar surface area (TPSA) is 96.4 Å². The van der Waals surface area contributed by atoms with Gasteiger partial charge in [-0.3, -0.25) is 14.4 Å². The quantitative estimate of drug-likeness (QED) is 0.276. The second-order valence-electron chi connectivity index (χ2n) is 9.49. The Bertz CT molecular complexity index is 1030. The lowest BCUT2D eigenvalue weighted by Crippen LogP contribution is -2.57. The van der Waals surface area contributed by atoms with Crippen LogP contribution in [0.3, 0.4) is 0 Å². The number of thioether (sulfide) groups is 1. The molecule has 3 heterocycles. The Kier molecular flexibility index (Phi) is 7.80. The molecule has 4 rings (SSSR count). The standard InChI is InChI=1S/C27H34N2O6S/c1-5-7-15-35-26(33)21-20-16-17(3)27(36-20)22(21)24(31)29(13-14-30)23(27)25(32)28(12-6-2)18-8-10-19(34-4)11-9-18/h5-6,8-11,17,20-23,30H,1-2,7,12-16H2,3-4H3/t17?,20-,21+,22-,23?,27?/m0/s1. The van der Waals surface area contributed by atoms with Gasteiger partial charge in [-0.1, -0.05) is 19.1 Å². The molecule has 1 aromatic rings. The summed E-state index contributed by atoms with van der Waals surface area (Å²) < 4.78 is 9.99. The van der Waals surface area contributed by atoms with Gasteiger partial charge in [-0.2, -0.15) is 0 Å². The van der Waals surface area contributed by atoms with Gasteiger partial charge in [-0.25, -0.2) is 0 Å². The van der Waals surface area contributed by atoms with E-state index in [1.165, 1.54) is 4.90 Å². The van der Waals surface area contributed by atoms with E-state index in [0.717, 1.165) is 6.42 Å². The maximum Gasteiger partial charge on any atom is 0.310 e. The number of methoxy groups -OCH3 is 1. The molecule has 2 amide bonds. The van der Waals surface area contributed by atoms with Gasteiger partial charge in [-0.05, 0) is 43.0 Å². The molecule has 8 nitrogen and oxygen atoms in total. The molecule has 2 bridgehead atoms. The number of esters is 1. The number of anilines is 1. The highest BCUT2D eigenvalue weighted by Crippen LogP contribution is 2.68. The van der Waals surface area contributed by atoms with Gasteiger partial charge in [0.1, 0.15) is 11.8 Å². The smallest absolute Gasteiger partial charge is 0.310 e. The summed E-state index contributed by atoms with van der Waals surface area (Å²) in [5.74, 6) is -1.49. The average Bonchev–Trinajstić information content (AvgIpc) is 3.46. The Morgan fingerprint density at radius 1 is 1.28 bits per heavy atom. The van der Waals surface area contributed by atoms with Crippen LogP contribution < -0.4 is 9.64 Å². The number of rotatable bonds is 11. The van der Waals surface area contributed by atoms with Crippen molar-refractivity contribution < 1.29 is 29.0 Å². The van der Waals surface area contributed by atoms with Crippen molar-refractivity contribution in [1.29, 1.82) is 0 Å². The van der Waals surface area contributed by atoms with Crippen molar-refractivity contribution in [3.63, 3.8) is 0 Å². The molecular weight excluding hydrogens is 480 g/mol. The summed E-state index contributed by atoms with van der Waals surface area (Å²) in [4.78, 5) is 44.4. The van der Waals surface area contributed by atoms with Crippen LogP contribution in [0.2, 0.25) is 0 Å². The lowest BCUT2D eigenvalue weighted by molar-refractivity contribution is -0.154. The van der Waals surface area contributed by atoms with Gasteiger partial charge in [0.25, 0.3) is 5.91 Å². The van der Waals surface area contributed by atoms with E-state index in [4.69, 9.17) is 9.47 Å². The third-order valence-corrected chi connectivity index (χ3v) is 9.70. The molecule has 194 valence electrons. The molecule has 9 heteroatoms. The van der Waals surface area contributed by atoms with Crippen molar-refractivity contribution in [2.75, 3.05) is 38.3 Å². The highest BCUT2D eigenvalue weighted by atomic mass is 32.2. The Labute approximate surface area is 216 Å². The molecule has 0 aliphatic carbocycles. The lowest BCUT2D eigenvalue weighted by atomic mass is 9.66. The summed E-state index contributed by atoms with van der Waals surface area (Å²) in [6.45, 7) is 9.75. The second-order valence-corrected chi connectivity index (χ2v) is 11.0. The molecule has 3 aliphatic heterocycles. The lowest BCUT2D eigenvalue weighted by Gasteiger charge is -2.40. The number of amides is 2. The molecule has 0 saturated carbocycles. The number of fused-ring (bicyclic) bond motifs is 1. The Morgan fingerprint density at radius 3 is 2.61 bits per heavy atom. The summed E-state index contributed by atoms with van der Waals surface area (Å²) in [6, 6.07) is 6.33. The van der Waals surface area contributed by atoms with Gasteiger partial charge in [-0.15, -0.1) is 24.9 Å². The van der Waals surface area contributed by atoms with E-state index < -0.39 is 28.6 Å². The van der Waals surface area contributed by atoms with Gasteiger partial charge in [0.05, 0.1) is 36.9 Å². The van der Waals surface area contributed by atoms with E-state index in [-0.39, 0.29) is 49.3 Å². The predicted molar refractivity (Wildman–Crippen MR) is 139 cm³/mol. The Morgan fingerprint density at radius 2 is 2.00 bits per heavy atom. The number of aliphatic hydroxyl groups is 1. The zero-order valence-electron chi connectivity index (χ0n) is 20.8. The summed E-state index contributed by atoms with van der Waals surface area (Å²) in [6.07, 6.45) is 4.58. The molecule has 1 spiro atoms. The Hall–Kier alpha value is -2.78. The highest BCUT2D eigenvalue weighted by Gasteiger charge is 2.76. The number of nitrogens with zero attached hydrogens (tertiary/aromatic N) is 2. The van der Waals surface area contributed by atoms with Gasteiger partial charge < -0.3 is 24.4 Å². The van der Waals surface area contributed by atoms with Crippen LogP contribution in [0, 0.1) is 17.8 Å². The van der Waals surface area contributed by atoms with Gasteiger partial charge in [0.15, 0.2) is 0 Å². The van der Waals surface area contributed by atoms with Crippen molar-refractivity contribution in [2.45, 2.75) is 35.8 Å². The van der Waals surface area contributed by atoms with Crippen LogP contribution >= 0.6 is 11.8 Å². The first-order valence-corrected chi connectivity index (χ1v) is 13.2. The average molecular weight is 515 g/mol. The van der Waals surface area contributed by atoms with Crippen LogP contribution in [0.15, 0.2) is 49.6 Å². The fraction of sp³-hybridized carbons (Fsp3) is 0.519. The number of carbonyl (C=O) groups is 3. The number of ether oxygens (including phenoxy) is 2. The summed E-state index contributed by atoms with van der Waals surface area (Å²) in [5.41, 5.74) is 0.655. The molecule has 1 aromatic carbocycles. The first-order chi connectivity index (χ1) is 17.3. The number of hydrogen-bond acceptors (Lipinski definition) is 7. The number of benzene rings is 1. The molecule has 0 radical (unpaired) electrons. The molecule has 6 atom stereocenters. The third kappa shape index (κ3) is 4.12. The van der Waals surface area contributed by atoms with E-state index >= 15 is 0 Å². The number of aliphatic hydroxyl groups excluding tert-OH is 1. The molecule has 3 fully saturated rings. The van der Waals surface area contributed by atoms with E-state index in [0.29, 0.717) is 17.9 Å². The minimum Gasteiger partial charge on any atom is -0.497 e. The molecule has 3 unspecified atom stereocenters. The van der Waals surface area contributed by atoms with Crippen LogP contribution in [0.1, 0.15) is 19.8 Å². The van der Waals surface area contributed by atoms with Crippen molar-refractivity contribution in [3.8, 4) is 5.75 Å². The van der Waals surface area contributed by atoms with Crippen molar-refractivity contribution in [1.82, 2.24) is 4.90 Å². The van der Waals surface area contributed by atoms with Crippen molar-refractivity contribution in [2.24, 2.45) is 17.8 Å². The number of β-amino-alcohol motifs (C(OH)–C–C–N with tert-alkyl or cyclic N) is 1. The molecular formula is C27H34N2O6S. The summed E-state index contributed by atoms with van der Waals surface area (Å²) in [5, 5.41) is 9.73. The van der Waals surface area contributed by atoms with Crippen LogP contribution in [-0.4, -0.2) is 77.2 Å². The van der Waals surface area contributed by atoms with Crippen LogP contribution in [0.25, 0.3) is 0 Å². The molecule has 3 aliphatic rings. The zero-order valence-corrected chi connectivity index (χ0v) is 21.6. The van der Waals surface area contributed by atoms with E-state index in [9.17, 15) is 19.5 Å². The van der Waals surface area contributed by atoms with Crippen molar-refractivity contribution >= 4 is 35.2 Å². The highest BCUT2D eigenvalue weighted by molar-refractivity contribution is 8.02. The fourth-order valence-electron chi connectivity index (χ4n) is 6.12. The van der Waals surface area contributed by atoms with Crippen LogP contribution in [0.4, 0.5) is 5.69 Å². The maximum absolute atomic E-state index is 14.3. The largest absolute Gasteiger partial charge is 0.497 e. The second kappa shape index (κ2) is 10.7. The molecule has 3 saturated heterocycles. The van der Waals surface area contributed by atoms with Gasteiger partial charge in [0.2, 0.25) is 5.91 Å². The SMILES string of the molecule is C=CCCOC(=O)[C@@H]1[C@@H]2CC(C)C3(S2)C(C(=O)N(CC=C)c2ccc(OC)cc2)N(CCO)C(=O)[C@H]13. The zero-order chi connectivity index (χ0) is 26.0. The minimum absolute atomic E-state index is 0.0220. The van der Waals surface area contributed by atoms with Crippen molar-refractivity contribution in [3.05, 3.63) is 49.6 Å². The number of carbonyl (C=O) groups excluding carboxylic acids is 3. The number of hydrogen-bond donors (Lipinski definition) is 1. The van der Waals surface area contributed by atoms with Crippen LogP contribution in [0.5, 0.6) is 5.75 Å². The Balaban J connectivity index is 1.73. The van der Waals surface area contributed by atoms with E-state index in [1.807, 2.05) is 0 Å². The first kappa shape index (κ1) is 26.3. The fourth-order valence-corrected chi connectivity index (χ4v) is 8.52. The number of likely N-dealkylation sites (tertiary alicyclic amines) is 1. The van der Waals surface area contributed by atoms with Crippen LogP contribution in [-0.2, 0) is 19.1 Å². The third-order valence-electron chi connectivity index (χ3n) is 7.62. The molecule has 0 aromatic heterocycles. The van der Waals surface area contributed by atoms with E-state index in [2.05, 4.69) is 20.1 Å². The molecule has 36 heavy (non-hydrogen) atoms.